The Labute approximate surface area is 167 Å². The van der Waals surface area contributed by atoms with Crippen molar-refractivity contribution in [3.05, 3.63) is 85.9 Å². The maximum Gasteiger partial charge on any atom is 0.333 e. The van der Waals surface area contributed by atoms with Gasteiger partial charge in [0.1, 0.15) is 11.4 Å². The number of aromatic amines is 1. The number of anilines is 1. The Balaban J connectivity index is 1.97. The van der Waals surface area contributed by atoms with E-state index in [4.69, 9.17) is 16.7 Å². The molecule has 29 heavy (non-hydrogen) atoms. The van der Waals surface area contributed by atoms with E-state index < -0.39 is 38.6 Å². The van der Waals surface area contributed by atoms with Crippen LogP contribution in [0.1, 0.15) is 10.4 Å². The molecule has 0 saturated carbocycles. The van der Waals surface area contributed by atoms with Crippen LogP contribution in [0.15, 0.2) is 63.1 Å². The lowest BCUT2D eigenvalue weighted by Gasteiger charge is -2.09. The topological polar surface area (TPSA) is 144 Å². The SMILES string of the molecule is NS(=O)(=O)c1ccc(NC(=O)c2c[nH]c(=O)n(-c3ccc(F)c(Cl)c3)c2=O)cc1. The highest BCUT2D eigenvalue weighted by Gasteiger charge is 2.17. The molecule has 3 rings (SSSR count). The Morgan fingerprint density at radius 2 is 1.79 bits per heavy atom. The van der Waals surface area contributed by atoms with E-state index in [-0.39, 0.29) is 21.3 Å². The molecule has 9 nitrogen and oxygen atoms in total. The van der Waals surface area contributed by atoms with E-state index >= 15 is 0 Å². The molecule has 1 aromatic heterocycles. The van der Waals surface area contributed by atoms with Crippen molar-refractivity contribution in [2.24, 2.45) is 5.14 Å². The van der Waals surface area contributed by atoms with E-state index in [9.17, 15) is 27.2 Å². The van der Waals surface area contributed by atoms with Gasteiger partial charge in [0, 0.05) is 11.9 Å². The number of benzene rings is 2. The van der Waals surface area contributed by atoms with Crippen molar-refractivity contribution >= 4 is 33.2 Å². The monoisotopic (exact) mass is 438 g/mol. The number of hydrogen-bond acceptors (Lipinski definition) is 5. The number of carbonyl (C=O) groups excluding carboxylic acids is 1. The van der Waals surface area contributed by atoms with E-state index in [0.717, 1.165) is 24.4 Å². The second-order valence-electron chi connectivity index (χ2n) is 5.77. The molecule has 3 aromatic rings. The number of amides is 1. The molecule has 4 N–H and O–H groups in total. The molecule has 0 aliphatic carbocycles. The highest BCUT2D eigenvalue weighted by Crippen LogP contribution is 2.17. The Bertz CT molecular complexity index is 1330. The zero-order valence-electron chi connectivity index (χ0n) is 14.3. The number of hydrogen-bond donors (Lipinski definition) is 3. The first kappa shape index (κ1) is 20.5. The zero-order chi connectivity index (χ0) is 21.3. The summed E-state index contributed by atoms with van der Waals surface area (Å²) < 4.78 is 36.5. The molecular weight excluding hydrogens is 427 g/mol. The standard InChI is InChI=1S/C17H12ClFN4O5S/c18-13-7-10(3-6-14(13)19)23-16(25)12(8-21-17(23)26)15(24)22-9-1-4-11(5-2-9)29(20,27)28/h1-8H,(H,21,26)(H,22,24)(H2,20,27,28). The first-order chi connectivity index (χ1) is 13.6. The first-order valence-electron chi connectivity index (χ1n) is 7.82. The second-order valence-corrected chi connectivity index (χ2v) is 7.74. The van der Waals surface area contributed by atoms with Gasteiger partial charge in [-0.3, -0.25) is 9.59 Å². The Morgan fingerprint density at radius 1 is 1.14 bits per heavy atom. The molecule has 2 aromatic carbocycles. The van der Waals surface area contributed by atoms with Crippen LogP contribution in [0.3, 0.4) is 0 Å². The van der Waals surface area contributed by atoms with Crippen molar-refractivity contribution in [3.8, 4) is 5.69 Å². The lowest BCUT2D eigenvalue weighted by atomic mass is 10.2. The molecule has 0 atom stereocenters. The van der Waals surface area contributed by atoms with E-state index in [1.165, 1.54) is 24.3 Å². The predicted octanol–water partition coefficient (Wildman–Crippen LogP) is 1.22. The molecule has 0 aliphatic rings. The summed E-state index contributed by atoms with van der Waals surface area (Å²) in [6.45, 7) is 0. The maximum atomic E-state index is 13.4. The Hall–Kier alpha value is -3.28. The van der Waals surface area contributed by atoms with Gasteiger partial charge in [0.15, 0.2) is 0 Å². The van der Waals surface area contributed by atoms with Crippen molar-refractivity contribution in [2.45, 2.75) is 4.90 Å². The molecule has 0 radical (unpaired) electrons. The second kappa shape index (κ2) is 7.62. The predicted molar refractivity (Wildman–Crippen MR) is 103 cm³/mol. The van der Waals surface area contributed by atoms with Gasteiger partial charge in [-0.2, -0.15) is 0 Å². The summed E-state index contributed by atoms with van der Waals surface area (Å²) in [6, 6.07) is 8.12. The summed E-state index contributed by atoms with van der Waals surface area (Å²) in [5, 5.41) is 7.09. The number of halogens is 2. The van der Waals surface area contributed by atoms with Gasteiger partial charge in [-0.1, -0.05) is 11.6 Å². The number of sulfonamides is 1. The molecule has 1 amide bonds. The molecule has 0 unspecified atom stereocenters. The summed E-state index contributed by atoms with van der Waals surface area (Å²) in [7, 11) is -3.90. The molecule has 12 heteroatoms. The maximum absolute atomic E-state index is 13.4. The molecule has 1 heterocycles. The highest BCUT2D eigenvalue weighted by atomic mass is 35.5. The first-order valence-corrected chi connectivity index (χ1v) is 9.75. The van der Waals surface area contributed by atoms with Crippen LogP contribution in [0.2, 0.25) is 5.02 Å². The molecule has 0 spiro atoms. The van der Waals surface area contributed by atoms with Crippen LogP contribution < -0.4 is 21.7 Å². The average molecular weight is 439 g/mol. The van der Waals surface area contributed by atoms with E-state index in [1.54, 1.807) is 0 Å². The lowest BCUT2D eigenvalue weighted by molar-refractivity contribution is 0.102. The van der Waals surface area contributed by atoms with Gasteiger partial charge in [-0.05, 0) is 42.5 Å². The summed E-state index contributed by atoms with van der Waals surface area (Å²) >= 11 is 5.69. The number of nitrogens with zero attached hydrogens (tertiary/aromatic N) is 1. The van der Waals surface area contributed by atoms with Crippen molar-refractivity contribution in [1.29, 1.82) is 0 Å². The molecule has 0 aliphatic heterocycles. The minimum atomic E-state index is -3.90. The fourth-order valence-corrected chi connectivity index (χ4v) is 3.11. The third kappa shape index (κ3) is 4.26. The number of primary sulfonamides is 1. The number of nitrogens with one attached hydrogen (secondary N) is 2. The van der Waals surface area contributed by atoms with Gasteiger partial charge in [-0.25, -0.2) is 27.3 Å². The lowest BCUT2D eigenvalue weighted by Crippen LogP contribution is -2.38. The van der Waals surface area contributed by atoms with Crippen LogP contribution in [-0.2, 0) is 10.0 Å². The number of aromatic nitrogens is 2. The Morgan fingerprint density at radius 3 is 2.38 bits per heavy atom. The van der Waals surface area contributed by atoms with E-state index in [1.807, 2.05) is 0 Å². The van der Waals surface area contributed by atoms with Crippen molar-refractivity contribution in [2.75, 3.05) is 5.32 Å². The van der Waals surface area contributed by atoms with E-state index in [2.05, 4.69) is 10.3 Å². The van der Waals surface area contributed by atoms with Crippen LogP contribution in [-0.4, -0.2) is 23.9 Å². The van der Waals surface area contributed by atoms with Crippen LogP contribution in [0, 0.1) is 5.82 Å². The van der Waals surface area contributed by atoms with Crippen LogP contribution >= 0.6 is 11.6 Å². The summed E-state index contributed by atoms with van der Waals surface area (Å²) in [6.07, 6.45) is 0.931. The summed E-state index contributed by atoms with van der Waals surface area (Å²) in [5.41, 5.74) is -2.08. The molecule has 0 fully saturated rings. The fraction of sp³-hybridized carbons (Fsp3) is 0. The van der Waals surface area contributed by atoms with Gasteiger partial charge in [0.05, 0.1) is 15.6 Å². The van der Waals surface area contributed by atoms with Gasteiger partial charge < -0.3 is 10.3 Å². The molecular formula is C17H12ClFN4O5S. The van der Waals surface area contributed by atoms with Crippen LogP contribution in [0.5, 0.6) is 0 Å². The Kier molecular flexibility index (Phi) is 5.38. The number of nitrogens with two attached hydrogens (primary N) is 1. The third-order valence-electron chi connectivity index (χ3n) is 3.82. The average Bonchev–Trinajstić information content (AvgIpc) is 2.64. The van der Waals surface area contributed by atoms with Crippen LogP contribution in [0.4, 0.5) is 10.1 Å². The number of H-pyrrole nitrogens is 1. The van der Waals surface area contributed by atoms with Crippen molar-refractivity contribution in [1.82, 2.24) is 9.55 Å². The smallest absolute Gasteiger partial charge is 0.322 e. The van der Waals surface area contributed by atoms with E-state index in [0.29, 0.717) is 4.57 Å². The van der Waals surface area contributed by atoms with Crippen molar-refractivity contribution < 1.29 is 17.6 Å². The summed E-state index contributed by atoms with van der Waals surface area (Å²) in [5.74, 6) is -1.60. The molecule has 0 bridgehead atoms. The number of rotatable bonds is 4. The quantitative estimate of drug-likeness (QED) is 0.561. The largest absolute Gasteiger partial charge is 0.333 e. The van der Waals surface area contributed by atoms with Gasteiger partial charge in [0.25, 0.3) is 11.5 Å². The van der Waals surface area contributed by atoms with Gasteiger partial charge in [-0.15, -0.1) is 0 Å². The molecule has 0 saturated heterocycles. The normalized spacial score (nSPS) is 11.3. The van der Waals surface area contributed by atoms with Gasteiger partial charge >= 0.3 is 5.69 Å². The fourth-order valence-electron chi connectivity index (χ4n) is 2.42. The third-order valence-corrected chi connectivity index (χ3v) is 5.04. The molecule has 150 valence electrons. The van der Waals surface area contributed by atoms with Crippen molar-refractivity contribution in [3.63, 3.8) is 0 Å². The summed E-state index contributed by atoms with van der Waals surface area (Å²) in [4.78, 5) is 39.3. The number of carbonyl (C=O) groups is 1. The van der Waals surface area contributed by atoms with Gasteiger partial charge in [0.2, 0.25) is 10.0 Å². The zero-order valence-corrected chi connectivity index (χ0v) is 15.9. The highest BCUT2D eigenvalue weighted by molar-refractivity contribution is 7.89. The minimum Gasteiger partial charge on any atom is -0.322 e. The van der Waals surface area contributed by atoms with Crippen LogP contribution in [0.25, 0.3) is 5.69 Å². The minimum absolute atomic E-state index is 0.0326.